The molecule has 2 rings (SSSR count). The van der Waals surface area contributed by atoms with Gasteiger partial charge in [0.1, 0.15) is 12.4 Å². The van der Waals surface area contributed by atoms with Crippen LogP contribution in [-0.2, 0) is 10.2 Å². The monoisotopic (exact) mass is 476 g/mol. The Morgan fingerprint density at radius 3 is 2.50 bits per heavy atom. The van der Waals surface area contributed by atoms with Crippen LogP contribution in [-0.4, -0.2) is 49.5 Å². The largest absolute Gasteiger partial charge is 0.357 e. The van der Waals surface area contributed by atoms with Crippen molar-refractivity contribution in [3.05, 3.63) is 35.6 Å². The van der Waals surface area contributed by atoms with E-state index in [2.05, 4.69) is 15.6 Å². The topological polar surface area (TPSA) is 56.7 Å². The van der Waals surface area contributed by atoms with Crippen molar-refractivity contribution in [1.82, 2.24) is 15.5 Å². The first-order valence-corrected chi connectivity index (χ1v) is 8.99. The number of nitrogens with one attached hydrogen (secondary N) is 2. The maximum atomic E-state index is 14.1. The number of nitrogens with zero attached hydrogens (tertiary/aromatic N) is 2. The fourth-order valence-corrected chi connectivity index (χ4v) is 2.96. The molecule has 146 valence electrons. The lowest BCUT2D eigenvalue weighted by atomic mass is 9.84. The number of rotatable bonds is 6. The standard InChI is InChI=1S/C19H29FN4O.HI/c1-4-21-18(22-13-17(25)24-11-7-8-12-24)23-14-19(2,3)15-9-5-6-10-16(15)20;/h5-6,9-10H,4,7-8,11-14H2,1-3H3,(H2,21,22,23);1H. The predicted octanol–water partition coefficient (Wildman–Crippen LogP) is 2.90. The molecule has 1 aromatic rings. The van der Waals surface area contributed by atoms with Gasteiger partial charge in [-0.3, -0.25) is 4.79 Å². The van der Waals surface area contributed by atoms with E-state index < -0.39 is 5.41 Å². The van der Waals surface area contributed by atoms with Crippen LogP contribution in [0.2, 0.25) is 0 Å². The highest BCUT2D eigenvalue weighted by molar-refractivity contribution is 14.0. The number of amides is 1. The zero-order valence-electron chi connectivity index (χ0n) is 15.8. The number of carbonyl (C=O) groups excluding carboxylic acids is 1. The van der Waals surface area contributed by atoms with Crippen LogP contribution >= 0.6 is 24.0 Å². The minimum atomic E-state index is -0.402. The molecule has 0 aliphatic carbocycles. The zero-order valence-corrected chi connectivity index (χ0v) is 18.2. The average molecular weight is 476 g/mol. The summed E-state index contributed by atoms with van der Waals surface area (Å²) < 4.78 is 14.1. The van der Waals surface area contributed by atoms with Gasteiger partial charge in [-0.1, -0.05) is 32.0 Å². The summed E-state index contributed by atoms with van der Waals surface area (Å²) >= 11 is 0. The predicted molar refractivity (Wildman–Crippen MR) is 115 cm³/mol. The summed E-state index contributed by atoms with van der Waals surface area (Å²) in [6.07, 6.45) is 2.15. The van der Waals surface area contributed by atoms with Gasteiger partial charge in [-0.25, -0.2) is 9.38 Å². The molecule has 1 aromatic carbocycles. The van der Waals surface area contributed by atoms with Gasteiger partial charge in [0, 0.05) is 31.6 Å². The van der Waals surface area contributed by atoms with Gasteiger partial charge in [-0.15, -0.1) is 24.0 Å². The van der Waals surface area contributed by atoms with Crippen LogP contribution in [0, 0.1) is 5.82 Å². The van der Waals surface area contributed by atoms with Crippen molar-refractivity contribution in [3.63, 3.8) is 0 Å². The van der Waals surface area contributed by atoms with Gasteiger partial charge in [-0.05, 0) is 31.4 Å². The Bertz CT molecular complexity index is 615. The van der Waals surface area contributed by atoms with Gasteiger partial charge in [-0.2, -0.15) is 0 Å². The van der Waals surface area contributed by atoms with Gasteiger partial charge < -0.3 is 15.5 Å². The Balaban J connectivity index is 0.00000338. The molecule has 1 saturated heterocycles. The molecule has 0 saturated carbocycles. The van der Waals surface area contributed by atoms with Crippen molar-refractivity contribution >= 4 is 35.8 Å². The molecular formula is C19H30FIN4O. The molecule has 1 amide bonds. The lowest BCUT2D eigenvalue weighted by Crippen LogP contribution is -2.44. The number of aliphatic imine (C=N–C) groups is 1. The minimum absolute atomic E-state index is 0. The van der Waals surface area contributed by atoms with Crippen molar-refractivity contribution in [2.24, 2.45) is 4.99 Å². The highest BCUT2D eigenvalue weighted by Crippen LogP contribution is 2.24. The Morgan fingerprint density at radius 2 is 1.88 bits per heavy atom. The Morgan fingerprint density at radius 1 is 1.23 bits per heavy atom. The van der Waals surface area contributed by atoms with Gasteiger partial charge in [0.25, 0.3) is 0 Å². The third-order valence-corrected chi connectivity index (χ3v) is 4.48. The Labute approximate surface area is 172 Å². The summed E-state index contributed by atoms with van der Waals surface area (Å²) in [5.41, 5.74) is 0.257. The van der Waals surface area contributed by atoms with E-state index in [-0.39, 0.29) is 42.2 Å². The van der Waals surface area contributed by atoms with Crippen LogP contribution in [0.15, 0.2) is 29.3 Å². The number of hydrogen-bond acceptors (Lipinski definition) is 2. The lowest BCUT2D eigenvalue weighted by molar-refractivity contribution is -0.128. The van der Waals surface area contributed by atoms with Crippen molar-refractivity contribution in [1.29, 1.82) is 0 Å². The molecule has 0 unspecified atom stereocenters. The Kier molecular flexibility index (Phi) is 9.32. The van der Waals surface area contributed by atoms with Gasteiger partial charge in [0.05, 0.1) is 0 Å². The first kappa shape index (κ1) is 22.7. The van der Waals surface area contributed by atoms with Crippen LogP contribution < -0.4 is 10.6 Å². The summed E-state index contributed by atoms with van der Waals surface area (Å²) in [6.45, 7) is 8.95. The quantitative estimate of drug-likeness (QED) is 0.377. The molecular weight excluding hydrogens is 446 g/mol. The van der Waals surface area contributed by atoms with E-state index in [0.717, 1.165) is 25.9 Å². The van der Waals surface area contributed by atoms with E-state index in [0.29, 0.717) is 24.6 Å². The average Bonchev–Trinajstić information content (AvgIpc) is 3.12. The number of carbonyl (C=O) groups is 1. The maximum Gasteiger partial charge on any atom is 0.244 e. The third-order valence-electron chi connectivity index (χ3n) is 4.48. The van der Waals surface area contributed by atoms with Crippen LogP contribution in [0.25, 0.3) is 0 Å². The molecule has 0 bridgehead atoms. The molecule has 0 spiro atoms. The van der Waals surface area contributed by atoms with Crippen molar-refractivity contribution in [2.45, 2.75) is 39.0 Å². The summed E-state index contributed by atoms with van der Waals surface area (Å²) in [5.74, 6) is 0.433. The molecule has 2 N–H and O–H groups in total. The van der Waals surface area contributed by atoms with Crippen LogP contribution in [0.3, 0.4) is 0 Å². The molecule has 0 radical (unpaired) electrons. The van der Waals surface area contributed by atoms with Crippen LogP contribution in [0.5, 0.6) is 0 Å². The molecule has 0 aromatic heterocycles. The molecule has 26 heavy (non-hydrogen) atoms. The molecule has 1 fully saturated rings. The van der Waals surface area contributed by atoms with E-state index in [4.69, 9.17) is 0 Å². The first-order valence-electron chi connectivity index (χ1n) is 8.99. The Hall–Kier alpha value is -1.38. The second-order valence-corrected chi connectivity index (χ2v) is 7.00. The molecule has 0 atom stereocenters. The first-order chi connectivity index (χ1) is 11.9. The van der Waals surface area contributed by atoms with Crippen LogP contribution in [0.4, 0.5) is 4.39 Å². The van der Waals surface area contributed by atoms with Crippen molar-refractivity contribution < 1.29 is 9.18 Å². The van der Waals surface area contributed by atoms with Crippen molar-refractivity contribution in [3.8, 4) is 0 Å². The number of likely N-dealkylation sites (tertiary alicyclic amines) is 1. The van der Waals surface area contributed by atoms with Crippen molar-refractivity contribution in [2.75, 3.05) is 32.7 Å². The number of benzene rings is 1. The van der Waals surface area contributed by atoms with E-state index >= 15 is 0 Å². The maximum absolute atomic E-state index is 14.1. The molecule has 1 aliphatic heterocycles. The third kappa shape index (κ3) is 6.41. The number of halogens is 2. The van der Waals surface area contributed by atoms with Gasteiger partial charge in [0.15, 0.2) is 5.96 Å². The summed E-state index contributed by atoms with van der Waals surface area (Å²) in [7, 11) is 0. The minimum Gasteiger partial charge on any atom is -0.357 e. The summed E-state index contributed by atoms with van der Waals surface area (Å²) in [6, 6.07) is 6.81. The molecule has 5 nitrogen and oxygen atoms in total. The van der Waals surface area contributed by atoms with Crippen LogP contribution in [0.1, 0.15) is 39.2 Å². The summed E-state index contributed by atoms with van der Waals surface area (Å²) in [5, 5.41) is 6.38. The molecule has 1 heterocycles. The molecule has 7 heteroatoms. The zero-order chi connectivity index (χ0) is 18.3. The van der Waals surface area contributed by atoms with E-state index in [1.807, 2.05) is 31.7 Å². The molecule has 1 aliphatic rings. The highest BCUT2D eigenvalue weighted by atomic mass is 127. The smallest absolute Gasteiger partial charge is 0.244 e. The SMILES string of the molecule is CCNC(=NCC(=O)N1CCCC1)NCC(C)(C)c1ccccc1F.I. The highest BCUT2D eigenvalue weighted by Gasteiger charge is 2.24. The van der Waals surface area contributed by atoms with E-state index in [1.165, 1.54) is 6.07 Å². The number of hydrogen-bond donors (Lipinski definition) is 2. The second kappa shape index (κ2) is 10.7. The summed E-state index contributed by atoms with van der Waals surface area (Å²) in [4.78, 5) is 18.4. The number of guanidine groups is 1. The fourth-order valence-electron chi connectivity index (χ4n) is 2.96. The fraction of sp³-hybridized carbons (Fsp3) is 0.579. The van der Waals surface area contributed by atoms with E-state index in [9.17, 15) is 9.18 Å². The normalized spacial score (nSPS) is 14.8. The lowest BCUT2D eigenvalue weighted by Gasteiger charge is -2.27. The second-order valence-electron chi connectivity index (χ2n) is 7.00. The van der Waals surface area contributed by atoms with Gasteiger partial charge in [0.2, 0.25) is 5.91 Å². The van der Waals surface area contributed by atoms with Gasteiger partial charge >= 0.3 is 0 Å². The van der Waals surface area contributed by atoms with E-state index in [1.54, 1.807) is 12.1 Å².